The molecular formula is C17H18N4O2S. The Morgan fingerprint density at radius 1 is 1.29 bits per heavy atom. The molecule has 24 heavy (non-hydrogen) atoms. The Labute approximate surface area is 144 Å². The maximum absolute atomic E-state index is 11.8. The molecule has 0 saturated heterocycles. The number of ether oxygens (including phenoxy) is 1. The van der Waals surface area contributed by atoms with Crippen LogP contribution in [0.2, 0.25) is 0 Å². The van der Waals surface area contributed by atoms with Crippen molar-refractivity contribution in [3.8, 4) is 16.4 Å². The molecule has 0 bridgehead atoms. The Morgan fingerprint density at radius 3 is 2.75 bits per heavy atom. The first-order valence-electron chi connectivity index (χ1n) is 7.45. The Kier molecular flexibility index (Phi) is 4.73. The summed E-state index contributed by atoms with van der Waals surface area (Å²) in [7, 11) is 1.48. The van der Waals surface area contributed by atoms with Crippen LogP contribution in [0.15, 0.2) is 35.7 Å². The van der Waals surface area contributed by atoms with Crippen LogP contribution < -0.4 is 5.32 Å². The van der Waals surface area contributed by atoms with Crippen molar-refractivity contribution < 1.29 is 9.53 Å². The summed E-state index contributed by atoms with van der Waals surface area (Å²) in [5, 5.41) is 9.90. The molecule has 0 fully saturated rings. The van der Waals surface area contributed by atoms with Gasteiger partial charge in [-0.2, -0.15) is 9.78 Å². The van der Waals surface area contributed by atoms with Crippen molar-refractivity contribution in [3.63, 3.8) is 0 Å². The second-order valence-electron chi connectivity index (χ2n) is 5.45. The number of nitrogens with one attached hydrogen (secondary N) is 1. The number of aromatic nitrogens is 3. The number of amides is 1. The van der Waals surface area contributed by atoms with Gasteiger partial charge in [0.25, 0.3) is 5.91 Å². The third kappa shape index (κ3) is 3.52. The van der Waals surface area contributed by atoms with Crippen molar-refractivity contribution in [1.82, 2.24) is 14.8 Å². The summed E-state index contributed by atoms with van der Waals surface area (Å²) in [4.78, 5) is 16.4. The fourth-order valence-electron chi connectivity index (χ4n) is 2.26. The van der Waals surface area contributed by atoms with Gasteiger partial charge in [-0.25, -0.2) is 4.98 Å². The van der Waals surface area contributed by atoms with Crippen LogP contribution >= 0.6 is 11.3 Å². The number of methoxy groups -OCH3 is 1. The van der Waals surface area contributed by atoms with Crippen LogP contribution in [0.1, 0.15) is 11.3 Å². The highest BCUT2D eigenvalue weighted by molar-refractivity contribution is 7.12. The van der Waals surface area contributed by atoms with E-state index in [0.29, 0.717) is 10.9 Å². The minimum absolute atomic E-state index is 0.00326. The van der Waals surface area contributed by atoms with Crippen LogP contribution in [-0.2, 0) is 9.53 Å². The highest BCUT2D eigenvalue weighted by Gasteiger charge is 2.14. The van der Waals surface area contributed by atoms with Crippen LogP contribution in [-0.4, -0.2) is 34.4 Å². The van der Waals surface area contributed by atoms with Gasteiger partial charge in [-0.1, -0.05) is 29.8 Å². The van der Waals surface area contributed by atoms with E-state index in [1.165, 1.54) is 24.0 Å². The van der Waals surface area contributed by atoms with Gasteiger partial charge in [0.1, 0.15) is 12.4 Å². The van der Waals surface area contributed by atoms with E-state index in [2.05, 4.69) is 34.5 Å². The van der Waals surface area contributed by atoms with E-state index >= 15 is 0 Å². The van der Waals surface area contributed by atoms with Crippen LogP contribution in [0, 0.1) is 13.8 Å². The van der Waals surface area contributed by atoms with E-state index in [1.807, 2.05) is 24.4 Å². The van der Waals surface area contributed by atoms with E-state index in [0.717, 1.165) is 17.0 Å². The first-order chi connectivity index (χ1) is 11.6. The smallest absolute Gasteiger partial charge is 0.251 e. The summed E-state index contributed by atoms with van der Waals surface area (Å²) < 4.78 is 6.49. The minimum atomic E-state index is -0.228. The monoisotopic (exact) mass is 342 g/mol. The van der Waals surface area contributed by atoms with Gasteiger partial charge in [0, 0.05) is 24.1 Å². The molecule has 0 radical (unpaired) electrons. The average molecular weight is 342 g/mol. The molecule has 0 aliphatic rings. The second-order valence-corrected chi connectivity index (χ2v) is 6.28. The number of hydrogen-bond acceptors (Lipinski definition) is 5. The molecule has 0 aliphatic heterocycles. The fraction of sp³-hybridized carbons (Fsp3) is 0.235. The Bertz CT molecular complexity index is 852. The van der Waals surface area contributed by atoms with Gasteiger partial charge >= 0.3 is 0 Å². The number of carbonyl (C=O) groups is 1. The van der Waals surface area contributed by atoms with E-state index in [9.17, 15) is 4.79 Å². The van der Waals surface area contributed by atoms with Gasteiger partial charge < -0.3 is 10.1 Å². The van der Waals surface area contributed by atoms with Crippen molar-refractivity contribution >= 4 is 23.1 Å². The molecule has 6 nitrogen and oxygen atoms in total. The molecule has 0 aliphatic carbocycles. The zero-order valence-corrected chi connectivity index (χ0v) is 14.6. The predicted molar refractivity (Wildman–Crippen MR) is 94.7 cm³/mol. The normalized spacial score (nSPS) is 10.8. The largest absolute Gasteiger partial charge is 0.375 e. The van der Waals surface area contributed by atoms with Crippen LogP contribution in [0.4, 0.5) is 5.82 Å². The zero-order chi connectivity index (χ0) is 17.1. The molecular weight excluding hydrogens is 324 g/mol. The third-order valence-electron chi connectivity index (χ3n) is 3.40. The number of nitrogens with zero attached hydrogens (tertiary/aromatic N) is 3. The summed E-state index contributed by atoms with van der Waals surface area (Å²) in [6.07, 6.45) is 0. The number of aryl methyl sites for hydroxylation is 2. The van der Waals surface area contributed by atoms with E-state index in [-0.39, 0.29) is 12.5 Å². The summed E-state index contributed by atoms with van der Waals surface area (Å²) in [6.45, 7) is 3.92. The van der Waals surface area contributed by atoms with E-state index < -0.39 is 0 Å². The molecule has 0 saturated carbocycles. The lowest BCUT2D eigenvalue weighted by molar-refractivity contribution is -0.119. The zero-order valence-electron chi connectivity index (χ0n) is 13.7. The molecule has 2 heterocycles. The van der Waals surface area contributed by atoms with Crippen LogP contribution in [0.25, 0.3) is 16.4 Å². The molecule has 7 heteroatoms. The second kappa shape index (κ2) is 6.94. The maximum Gasteiger partial charge on any atom is 0.251 e. The lowest BCUT2D eigenvalue weighted by Gasteiger charge is -2.05. The first-order valence-corrected chi connectivity index (χ1v) is 8.33. The van der Waals surface area contributed by atoms with E-state index in [1.54, 1.807) is 10.7 Å². The Hall–Kier alpha value is -2.51. The summed E-state index contributed by atoms with van der Waals surface area (Å²) >= 11 is 1.48. The van der Waals surface area contributed by atoms with Gasteiger partial charge in [0.15, 0.2) is 0 Å². The molecule has 3 aromatic rings. The van der Waals surface area contributed by atoms with Crippen molar-refractivity contribution in [1.29, 1.82) is 0 Å². The van der Waals surface area contributed by atoms with Crippen molar-refractivity contribution in [2.45, 2.75) is 13.8 Å². The van der Waals surface area contributed by atoms with Crippen molar-refractivity contribution in [2.75, 3.05) is 19.0 Å². The molecule has 1 aromatic carbocycles. The van der Waals surface area contributed by atoms with Gasteiger partial charge in [0.2, 0.25) is 5.13 Å². The molecule has 0 spiro atoms. The summed E-state index contributed by atoms with van der Waals surface area (Å²) in [6, 6.07) is 10.0. The highest BCUT2D eigenvalue weighted by Crippen LogP contribution is 2.26. The fourth-order valence-corrected chi connectivity index (χ4v) is 3.06. The van der Waals surface area contributed by atoms with E-state index in [4.69, 9.17) is 4.74 Å². The molecule has 124 valence electrons. The van der Waals surface area contributed by atoms with Gasteiger partial charge in [-0.3, -0.25) is 4.79 Å². The number of hydrogen-bond donors (Lipinski definition) is 1. The minimum Gasteiger partial charge on any atom is -0.375 e. The molecule has 2 aromatic heterocycles. The summed E-state index contributed by atoms with van der Waals surface area (Å²) in [5.74, 6) is 0.355. The lowest BCUT2D eigenvalue weighted by Crippen LogP contribution is -2.19. The quantitative estimate of drug-likeness (QED) is 0.773. The molecule has 3 rings (SSSR count). The van der Waals surface area contributed by atoms with Crippen LogP contribution in [0.3, 0.4) is 0 Å². The maximum atomic E-state index is 11.8. The first kappa shape index (κ1) is 16.4. The highest BCUT2D eigenvalue weighted by atomic mass is 32.1. The molecule has 1 amide bonds. The Balaban J connectivity index is 1.90. The van der Waals surface area contributed by atoms with Crippen molar-refractivity contribution in [3.05, 3.63) is 47.0 Å². The van der Waals surface area contributed by atoms with Gasteiger partial charge in [0.05, 0.1) is 11.4 Å². The number of benzene rings is 1. The number of rotatable bonds is 5. The standard InChI is InChI=1S/C17H18N4O2S/c1-11-4-6-13(7-5-11)14-10-24-17(18-14)21-15(8-12(2)20-21)19-16(22)9-23-3/h4-8,10H,9H2,1-3H3,(H,19,22). The topological polar surface area (TPSA) is 69.0 Å². The SMILES string of the molecule is COCC(=O)Nc1cc(C)nn1-c1nc(-c2ccc(C)cc2)cs1. The molecule has 1 N–H and O–H groups in total. The van der Waals surface area contributed by atoms with Gasteiger partial charge in [-0.05, 0) is 13.8 Å². The summed E-state index contributed by atoms with van der Waals surface area (Å²) in [5.41, 5.74) is 3.95. The number of carbonyl (C=O) groups excluding carboxylic acids is 1. The predicted octanol–water partition coefficient (Wildman–Crippen LogP) is 3.20. The van der Waals surface area contributed by atoms with Gasteiger partial charge in [-0.15, -0.1) is 11.3 Å². The third-order valence-corrected chi connectivity index (χ3v) is 4.21. The number of anilines is 1. The van der Waals surface area contributed by atoms with Crippen molar-refractivity contribution in [2.24, 2.45) is 0 Å². The Morgan fingerprint density at radius 2 is 2.04 bits per heavy atom. The average Bonchev–Trinajstić information content (AvgIpc) is 3.15. The molecule has 0 atom stereocenters. The lowest BCUT2D eigenvalue weighted by atomic mass is 10.1. The molecule has 0 unspecified atom stereocenters. The number of thiazole rings is 1. The van der Waals surface area contributed by atoms with Crippen LogP contribution in [0.5, 0.6) is 0 Å².